The summed E-state index contributed by atoms with van der Waals surface area (Å²) in [7, 11) is 1.93. The molecule has 0 saturated heterocycles. The van der Waals surface area contributed by atoms with Crippen LogP contribution in [0.3, 0.4) is 0 Å². The third-order valence-electron chi connectivity index (χ3n) is 2.78. The molecule has 2 aromatic rings. The summed E-state index contributed by atoms with van der Waals surface area (Å²) in [5.41, 5.74) is 2.83. The Morgan fingerprint density at radius 1 is 1.53 bits per heavy atom. The Balaban J connectivity index is 2.29. The quantitative estimate of drug-likeness (QED) is 0.867. The number of pyridine rings is 1. The maximum Gasteiger partial charge on any atom is 0.173 e. The molecule has 0 atom stereocenters. The molecule has 0 radical (unpaired) electrons. The van der Waals surface area contributed by atoms with E-state index < -0.39 is 0 Å². The molecule has 2 aromatic heterocycles. The molecule has 19 heavy (non-hydrogen) atoms. The van der Waals surface area contributed by atoms with Gasteiger partial charge in [-0.3, -0.25) is 4.98 Å². The molecule has 0 saturated carbocycles. The Morgan fingerprint density at radius 3 is 2.95 bits per heavy atom. The number of aromatic nitrogens is 3. The van der Waals surface area contributed by atoms with Crippen molar-refractivity contribution in [2.24, 2.45) is 0 Å². The average Bonchev–Trinajstić information content (AvgIpc) is 2.81. The summed E-state index contributed by atoms with van der Waals surface area (Å²) in [6.07, 6.45) is 5.47. The number of aryl methyl sites for hydroxylation is 1. The van der Waals surface area contributed by atoms with Crippen molar-refractivity contribution in [3.63, 3.8) is 0 Å². The van der Waals surface area contributed by atoms with Gasteiger partial charge in [0.2, 0.25) is 0 Å². The van der Waals surface area contributed by atoms with Gasteiger partial charge in [0.25, 0.3) is 0 Å². The lowest BCUT2D eigenvalue weighted by Crippen LogP contribution is -2.36. The number of anilines is 1. The zero-order valence-electron chi connectivity index (χ0n) is 11.3. The van der Waals surface area contributed by atoms with Crippen molar-refractivity contribution in [1.82, 2.24) is 20.1 Å². The normalized spacial score (nSPS) is 10.3. The summed E-state index contributed by atoms with van der Waals surface area (Å²) in [6, 6.07) is 3.85. The standard InChI is InChI=1S/C13H17N5S/c1-4-15-13(19)17(3)12-9-18(16-10(12)2)11-6-5-7-14-8-11/h5-9H,4H2,1-3H3,(H,15,19). The minimum atomic E-state index is 0.691. The summed E-state index contributed by atoms with van der Waals surface area (Å²) in [5.74, 6) is 0. The Kier molecular flexibility index (Phi) is 4.11. The molecule has 100 valence electrons. The number of thiocarbonyl (C=S) groups is 1. The number of hydrogen-bond acceptors (Lipinski definition) is 3. The topological polar surface area (TPSA) is 46.0 Å². The first kappa shape index (κ1) is 13.5. The molecule has 1 N–H and O–H groups in total. The predicted octanol–water partition coefficient (Wildman–Crippen LogP) is 1.91. The predicted molar refractivity (Wildman–Crippen MR) is 80.8 cm³/mol. The Morgan fingerprint density at radius 2 is 2.32 bits per heavy atom. The van der Waals surface area contributed by atoms with Gasteiger partial charge in [-0.15, -0.1) is 0 Å². The SMILES string of the molecule is CCNC(=S)N(C)c1cn(-c2cccnc2)nc1C. The van der Waals surface area contributed by atoms with Crippen molar-refractivity contribution in [1.29, 1.82) is 0 Å². The average molecular weight is 275 g/mol. The molecule has 0 fully saturated rings. The molecule has 0 aromatic carbocycles. The molecule has 2 heterocycles. The van der Waals surface area contributed by atoms with Crippen LogP contribution in [0.1, 0.15) is 12.6 Å². The minimum absolute atomic E-state index is 0.691. The molecule has 0 aliphatic rings. The van der Waals surface area contributed by atoms with Crippen LogP contribution in [-0.2, 0) is 0 Å². The maximum atomic E-state index is 5.31. The monoisotopic (exact) mass is 275 g/mol. The molecule has 0 bridgehead atoms. The highest BCUT2D eigenvalue weighted by molar-refractivity contribution is 7.80. The van der Waals surface area contributed by atoms with Gasteiger partial charge >= 0.3 is 0 Å². The second-order valence-electron chi connectivity index (χ2n) is 4.15. The molecule has 0 aliphatic carbocycles. The first-order valence-electron chi connectivity index (χ1n) is 6.11. The van der Waals surface area contributed by atoms with Crippen LogP contribution in [0.4, 0.5) is 5.69 Å². The van der Waals surface area contributed by atoms with Crippen LogP contribution in [0.2, 0.25) is 0 Å². The van der Waals surface area contributed by atoms with E-state index in [1.807, 2.05) is 48.8 Å². The Hall–Kier alpha value is -1.95. The smallest absolute Gasteiger partial charge is 0.173 e. The highest BCUT2D eigenvalue weighted by atomic mass is 32.1. The van der Waals surface area contributed by atoms with E-state index in [0.29, 0.717) is 5.11 Å². The largest absolute Gasteiger partial charge is 0.363 e. The van der Waals surface area contributed by atoms with Crippen molar-refractivity contribution in [2.45, 2.75) is 13.8 Å². The third-order valence-corrected chi connectivity index (χ3v) is 3.20. The van der Waals surface area contributed by atoms with Gasteiger partial charge in [-0.2, -0.15) is 5.10 Å². The van der Waals surface area contributed by atoms with Gasteiger partial charge in [0.15, 0.2) is 5.11 Å². The van der Waals surface area contributed by atoms with Gasteiger partial charge < -0.3 is 10.2 Å². The number of nitrogens with zero attached hydrogens (tertiary/aromatic N) is 4. The molecular weight excluding hydrogens is 258 g/mol. The molecule has 0 spiro atoms. The zero-order valence-corrected chi connectivity index (χ0v) is 12.1. The highest BCUT2D eigenvalue weighted by Gasteiger charge is 2.13. The lowest BCUT2D eigenvalue weighted by atomic mass is 10.4. The van der Waals surface area contributed by atoms with E-state index >= 15 is 0 Å². The van der Waals surface area contributed by atoms with Crippen LogP contribution in [-0.4, -0.2) is 33.5 Å². The van der Waals surface area contributed by atoms with Crippen LogP contribution < -0.4 is 10.2 Å². The first-order chi connectivity index (χ1) is 9.13. The summed E-state index contributed by atoms with van der Waals surface area (Å²) in [6.45, 7) is 4.79. The first-order valence-corrected chi connectivity index (χ1v) is 6.52. The van der Waals surface area contributed by atoms with Gasteiger partial charge in [-0.25, -0.2) is 4.68 Å². The second-order valence-corrected chi connectivity index (χ2v) is 4.54. The number of rotatable bonds is 3. The van der Waals surface area contributed by atoms with E-state index in [2.05, 4.69) is 15.4 Å². The third kappa shape index (κ3) is 2.90. The molecule has 0 unspecified atom stereocenters. The molecule has 0 amide bonds. The number of hydrogen-bond donors (Lipinski definition) is 1. The zero-order chi connectivity index (χ0) is 13.8. The van der Waals surface area contributed by atoms with Crippen molar-refractivity contribution >= 4 is 23.0 Å². The van der Waals surface area contributed by atoms with Gasteiger partial charge in [0.1, 0.15) is 0 Å². The summed E-state index contributed by atoms with van der Waals surface area (Å²) in [4.78, 5) is 6.02. The van der Waals surface area contributed by atoms with Crippen LogP contribution in [0.25, 0.3) is 5.69 Å². The molecule has 5 nitrogen and oxygen atoms in total. The summed E-state index contributed by atoms with van der Waals surface area (Å²) in [5, 5.41) is 8.31. The number of nitrogens with one attached hydrogen (secondary N) is 1. The van der Waals surface area contributed by atoms with Crippen LogP contribution in [0.15, 0.2) is 30.7 Å². The highest BCUT2D eigenvalue weighted by Crippen LogP contribution is 2.19. The lowest BCUT2D eigenvalue weighted by molar-refractivity contribution is 0.857. The summed E-state index contributed by atoms with van der Waals surface area (Å²) >= 11 is 5.31. The van der Waals surface area contributed by atoms with Crippen molar-refractivity contribution < 1.29 is 0 Å². The maximum absolute atomic E-state index is 5.31. The van der Waals surface area contributed by atoms with Gasteiger partial charge in [-0.1, -0.05) is 0 Å². The fourth-order valence-electron chi connectivity index (χ4n) is 1.78. The van der Waals surface area contributed by atoms with Crippen LogP contribution >= 0.6 is 12.2 Å². The fraction of sp³-hybridized carbons (Fsp3) is 0.308. The summed E-state index contributed by atoms with van der Waals surface area (Å²) < 4.78 is 1.81. The molecule has 0 aliphatic heterocycles. The van der Waals surface area contributed by atoms with E-state index in [9.17, 15) is 0 Å². The van der Waals surface area contributed by atoms with E-state index in [1.165, 1.54) is 0 Å². The van der Waals surface area contributed by atoms with Crippen LogP contribution in [0.5, 0.6) is 0 Å². The van der Waals surface area contributed by atoms with Crippen molar-refractivity contribution in [3.8, 4) is 5.69 Å². The Bertz CT molecular complexity index is 564. The molecule has 2 rings (SSSR count). The van der Waals surface area contributed by atoms with Crippen molar-refractivity contribution in [2.75, 3.05) is 18.5 Å². The van der Waals surface area contributed by atoms with E-state index in [0.717, 1.165) is 23.6 Å². The minimum Gasteiger partial charge on any atom is -0.363 e. The van der Waals surface area contributed by atoms with E-state index in [-0.39, 0.29) is 0 Å². The molecule has 6 heteroatoms. The van der Waals surface area contributed by atoms with Crippen LogP contribution in [0, 0.1) is 6.92 Å². The van der Waals surface area contributed by atoms with E-state index in [1.54, 1.807) is 12.4 Å². The fourth-order valence-corrected chi connectivity index (χ4v) is 2.02. The second kappa shape index (κ2) is 5.79. The van der Waals surface area contributed by atoms with Gasteiger partial charge in [0.05, 0.1) is 29.5 Å². The van der Waals surface area contributed by atoms with Gasteiger partial charge in [-0.05, 0) is 38.2 Å². The Labute approximate surface area is 118 Å². The van der Waals surface area contributed by atoms with E-state index in [4.69, 9.17) is 12.2 Å². The van der Waals surface area contributed by atoms with Gasteiger partial charge in [0, 0.05) is 19.8 Å². The molecular formula is C13H17N5S. The van der Waals surface area contributed by atoms with Crippen molar-refractivity contribution in [3.05, 3.63) is 36.4 Å². The lowest BCUT2D eigenvalue weighted by Gasteiger charge is -2.19.